The molecule has 0 saturated carbocycles. The molecular weight excluding hydrogens is 234 g/mol. The van der Waals surface area contributed by atoms with Gasteiger partial charge >= 0.3 is 0 Å². The highest BCUT2D eigenvalue weighted by Crippen LogP contribution is 2.26. The number of carbonyl (C=O) groups is 1. The van der Waals surface area contributed by atoms with E-state index in [1.54, 1.807) is 5.51 Å². The van der Waals surface area contributed by atoms with Crippen molar-refractivity contribution in [3.63, 3.8) is 0 Å². The quantitative estimate of drug-likeness (QED) is 0.866. The lowest BCUT2D eigenvalue weighted by Gasteiger charge is -2.29. The molecule has 3 heterocycles. The van der Waals surface area contributed by atoms with Crippen molar-refractivity contribution in [1.29, 1.82) is 0 Å². The number of hydrogen-bond donors (Lipinski definition) is 1. The van der Waals surface area contributed by atoms with E-state index in [1.807, 2.05) is 10.3 Å². The molecule has 1 N–H and O–H groups in total. The number of rotatable bonds is 2. The van der Waals surface area contributed by atoms with E-state index in [1.165, 1.54) is 24.2 Å². The first-order valence-electron chi connectivity index (χ1n) is 6.29. The summed E-state index contributed by atoms with van der Waals surface area (Å²) in [5.74, 6) is 0.113. The van der Waals surface area contributed by atoms with Gasteiger partial charge in [-0.1, -0.05) is 0 Å². The molecule has 2 atom stereocenters. The van der Waals surface area contributed by atoms with Crippen LogP contribution in [0.3, 0.4) is 0 Å². The fraction of sp³-hybridized carbons (Fsp3) is 0.667. The fourth-order valence-corrected chi connectivity index (χ4v) is 3.49. The van der Waals surface area contributed by atoms with E-state index in [-0.39, 0.29) is 5.91 Å². The van der Waals surface area contributed by atoms with Gasteiger partial charge in [0, 0.05) is 24.0 Å². The van der Waals surface area contributed by atoms with E-state index >= 15 is 0 Å². The third-order valence-corrected chi connectivity index (χ3v) is 4.36. The maximum absolute atomic E-state index is 12.3. The second kappa shape index (κ2) is 4.74. The normalized spacial score (nSPS) is 28.8. The third-order valence-electron chi connectivity index (χ3n) is 3.77. The molecule has 3 rings (SSSR count). The Morgan fingerprint density at radius 3 is 3.12 bits per heavy atom. The number of carbonyl (C=O) groups excluding carboxylic acids is 1. The molecule has 92 valence electrons. The number of hydrogen-bond acceptors (Lipinski definition) is 4. The van der Waals surface area contributed by atoms with Gasteiger partial charge in [0.2, 0.25) is 0 Å². The number of amides is 1. The topological polar surface area (TPSA) is 45.2 Å². The van der Waals surface area contributed by atoms with Crippen LogP contribution in [-0.4, -0.2) is 41.0 Å². The Morgan fingerprint density at radius 2 is 2.41 bits per heavy atom. The summed E-state index contributed by atoms with van der Waals surface area (Å²) in [5, 5.41) is 5.36. The Kier molecular flexibility index (Phi) is 3.11. The standard InChI is InChI=1S/C12H17N3OS/c16-12(10-7-17-8-14-10)15-6-2-4-11(15)9-3-1-5-13-9/h7-9,11,13H,1-6H2. The van der Waals surface area contributed by atoms with Crippen LogP contribution in [0.1, 0.15) is 36.2 Å². The molecule has 5 heteroatoms. The predicted octanol–water partition coefficient (Wildman–Crippen LogP) is 1.50. The molecule has 0 radical (unpaired) electrons. The molecule has 2 aliphatic heterocycles. The molecule has 1 aromatic heterocycles. The molecule has 2 fully saturated rings. The number of nitrogens with one attached hydrogen (secondary N) is 1. The number of likely N-dealkylation sites (tertiary alicyclic amines) is 1. The van der Waals surface area contributed by atoms with Gasteiger partial charge in [0.15, 0.2) is 0 Å². The first-order chi connectivity index (χ1) is 8.36. The number of thiazole rings is 1. The molecule has 1 aromatic rings. The Hall–Kier alpha value is -0.940. The summed E-state index contributed by atoms with van der Waals surface area (Å²) in [6, 6.07) is 0.881. The Bertz CT molecular complexity index is 386. The fourth-order valence-electron chi connectivity index (χ4n) is 2.97. The van der Waals surface area contributed by atoms with Crippen molar-refractivity contribution in [1.82, 2.24) is 15.2 Å². The van der Waals surface area contributed by atoms with Crippen LogP contribution in [0.2, 0.25) is 0 Å². The minimum Gasteiger partial charge on any atom is -0.333 e. The maximum Gasteiger partial charge on any atom is 0.273 e. The second-order valence-electron chi connectivity index (χ2n) is 4.78. The van der Waals surface area contributed by atoms with Gasteiger partial charge in [-0.05, 0) is 32.2 Å². The van der Waals surface area contributed by atoms with Crippen LogP contribution >= 0.6 is 11.3 Å². The minimum absolute atomic E-state index is 0.113. The molecule has 0 aliphatic carbocycles. The van der Waals surface area contributed by atoms with Gasteiger partial charge in [-0.25, -0.2) is 4.98 Å². The van der Waals surface area contributed by atoms with Crippen LogP contribution in [0.15, 0.2) is 10.9 Å². The highest BCUT2D eigenvalue weighted by molar-refractivity contribution is 7.07. The zero-order valence-corrected chi connectivity index (χ0v) is 10.6. The summed E-state index contributed by atoms with van der Waals surface area (Å²) in [6.45, 7) is 1.99. The van der Waals surface area contributed by atoms with Crippen LogP contribution in [0.25, 0.3) is 0 Å². The lowest BCUT2D eigenvalue weighted by Crippen LogP contribution is -2.46. The van der Waals surface area contributed by atoms with Gasteiger partial charge in [-0.15, -0.1) is 11.3 Å². The van der Waals surface area contributed by atoms with E-state index < -0.39 is 0 Å². The number of aromatic nitrogens is 1. The van der Waals surface area contributed by atoms with E-state index in [4.69, 9.17) is 0 Å². The van der Waals surface area contributed by atoms with Crippen LogP contribution in [0.4, 0.5) is 0 Å². The van der Waals surface area contributed by atoms with Gasteiger partial charge in [-0.3, -0.25) is 4.79 Å². The maximum atomic E-state index is 12.3. The highest BCUT2D eigenvalue weighted by atomic mass is 32.1. The predicted molar refractivity (Wildman–Crippen MR) is 67.2 cm³/mol. The molecule has 0 bridgehead atoms. The SMILES string of the molecule is O=C(c1cscn1)N1CCCC1C1CCCN1. The lowest BCUT2D eigenvalue weighted by atomic mass is 10.0. The van der Waals surface area contributed by atoms with Crippen molar-refractivity contribution in [2.45, 2.75) is 37.8 Å². The molecule has 0 spiro atoms. The summed E-state index contributed by atoms with van der Waals surface area (Å²) in [7, 11) is 0. The van der Waals surface area contributed by atoms with Crippen molar-refractivity contribution >= 4 is 17.2 Å². The monoisotopic (exact) mass is 251 g/mol. The van der Waals surface area contributed by atoms with Crippen LogP contribution in [-0.2, 0) is 0 Å². The zero-order valence-electron chi connectivity index (χ0n) is 9.76. The molecule has 17 heavy (non-hydrogen) atoms. The molecule has 2 aliphatic rings. The Morgan fingerprint density at radius 1 is 1.47 bits per heavy atom. The third kappa shape index (κ3) is 2.09. The van der Waals surface area contributed by atoms with Crippen molar-refractivity contribution < 1.29 is 4.79 Å². The van der Waals surface area contributed by atoms with Gasteiger partial charge in [0.1, 0.15) is 5.69 Å². The van der Waals surface area contributed by atoms with Crippen molar-refractivity contribution in [2.24, 2.45) is 0 Å². The summed E-state index contributed by atoms with van der Waals surface area (Å²) in [6.07, 6.45) is 4.69. The van der Waals surface area contributed by atoms with Gasteiger partial charge in [0.25, 0.3) is 5.91 Å². The molecule has 0 aromatic carbocycles. The van der Waals surface area contributed by atoms with E-state index in [0.29, 0.717) is 17.8 Å². The molecular formula is C12H17N3OS. The van der Waals surface area contributed by atoms with E-state index in [2.05, 4.69) is 10.3 Å². The van der Waals surface area contributed by atoms with Gasteiger partial charge in [0.05, 0.1) is 5.51 Å². The molecule has 1 amide bonds. The Labute approximate surface area is 105 Å². The smallest absolute Gasteiger partial charge is 0.273 e. The van der Waals surface area contributed by atoms with Crippen molar-refractivity contribution in [3.05, 3.63) is 16.6 Å². The number of nitrogens with zero attached hydrogens (tertiary/aromatic N) is 2. The van der Waals surface area contributed by atoms with Gasteiger partial charge < -0.3 is 10.2 Å². The first-order valence-corrected chi connectivity index (χ1v) is 7.23. The molecule has 2 saturated heterocycles. The summed E-state index contributed by atoms with van der Waals surface area (Å²) in [5.41, 5.74) is 2.34. The van der Waals surface area contributed by atoms with Gasteiger partial charge in [-0.2, -0.15) is 0 Å². The Balaban J connectivity index is 1.75. The van der Waals surface area contributed by atoms with Crippen LogP contribution < -0.4 is 5.32 Å². The minimum atomic E-state index is 0.113. The van der Waals surface area contributed by atoms with Crippen molar-refractivity contribution in [3.8, 4) is 0 Å². The summed E-state index contributed by atoms with van der Waals surface area (Å²) in [4.78, 5) is 18.5. The van der Waals surface area contributed by atoms with Crippen LogP contribution in [0, 0.1) is 0 Å². The summed E-state index contributed by atoms with van der Waals surface area (Å²) >= 11 is 1.49. The molecule has 2 unspecified atom stereocenters. The lowest BCUT2D eigenvalue weighted by molar-refractivity contribution is 0.0706. The highest BCUT2D eigenvalue weighted by Gasteiger charge is 2.36. The van der Waals surface area contributed by atoms with Crippen LogP contribution in [0.5, 0.6) is 0 Å². The zero-order chi connectivity index (χ0) is 11.7. The largest absolute Gasteiger partial charge is 0.333 e. The average Bonchev–Trinajstić information content (AvgIpc) is 3.09. The molecule has 4 nitrogen and oxygen atoms in total. The average molecular weight is 251 g/mol. The second-order valence-corrected chi connectivity index (χ2v) is 5.50. The van der Waals surface area contributed by atoms with E-state index in [0.717, 1.165) is 25.9 Å². The van der Waals surface area contributed by atoms with Crippen molar-refractivity contribution in [2.75, 3.05) is 13.1 Å². The first kappa shape index (κ1) is 11.2. The summed E-state index contributed by atoms with van der Waals surface area (Å²) < 4.78 is 0. The van der Waals surface area contributed by atoms with E-state index in [9.17, 15) is 4.79 Å².